The zero-order chi connectivity index (χ0) is 15.2. The fourth-order valence-corrected chi connectivity index (χ4v) is 3.08. The van der Waals surface area contributed by atoms with Gasteiger partial charge in [0.25, 0.3) is 0 Å². The van der Waals surface area contributed by atoms with Gasteiger partial charge < -0.3 is 11.1 Å². The van der Waals surface area contributed by atoms with E-state index in [0.29, 0.717) is 6.54 Å². The first-order valence-corrected chi connectivity index (χ1v) is 8.00. The number of benzene rings is 1. The zero-order valence-electron chi connectivity index (χ0n) is 13.1. The van der Waals surface area contributed by atoms with Gasteiger partial charge in [0.05, 0.1) is 6.04 Å². The summed E-state index contributed by atoms with van der Waals surface area (Å²) in [5.41, 5.74) is 8.64. The van der Waals surface area contributed by atoms with E-state index in [1.807, 2.05) is 6.92 Å². The van der Waals surface area contributed by atoms with Crippen LogP contribution in [0.25, 0.3) is 0 Å². The summed E-state index contributed by atoms with van der Waals surface area (Å²) >= 11 is 0. The molecule has 0 spiro atoms. The van der Waals surface area contributed by atoms with E-state index in [0.717, 1.165) is 32.4 Å². The first-order valence-electron chi connectivity index (χ1n) is 8.00. The number of nitrogens with zero attached hydrogens (tertiary/aromatic N) is 1. The van der Waals surface area contributed by atoms with Gasteiger partial charge in [-0.1, -0.05) is 37.6 Å². The second-order valence-corrected chi connectivity index (χ2v) is 5.76. The Hall–Kier alpha value is -1.39. The zero-order valence-corrected chi connectivity index (χ0v) is 13.1. The van der Waals surface area contributed by atoms with E-state index in [2.05, 4.69) is 41.4 Å². The summed E-state index contributed by atoms with van der Waals surface area (Å²) in [6, 6.07) is 8.44. The predicted octanol–water partition coefficient (Wildman–Crippen LogP) is 1.85. The number of hydrogen-bond donors (Lipinski definition) is 2. The Labute approximate surface area is 127 Å². The molecular weight excluding hydrogens is 262 g/mol. The summed E-state index contributed by atoms with van der Waals surface area (Å²) in [7, 11) is 0. The van der Waals surface area contributed by atoms with Crippen LogP contribution in [0.5, 0.6) is 0 Å². The predicted molar refractivity (Wildman–Crippen MR) is 86.0 cm³/mol. The van der Waals surface area contributed by atoms with Crippen molar-refractivity contribution in [2.24, 2.45) is 5.73 Å². The highest BCUT2D eigenvalue weighted by Gasteiger charge is 2.32. The lowest BCUT2D eigenvalue weighted by atomic mass is 9.91. The SMILES string of the molecule is CCCCNC(=O)C(C)N1CCc2ccccc2C1CN. The normalized spacial score (nSPS) is 19.9. The molecule has 1 amide bonds. The maximum atomic E-state index is 12.3. The number of rotatable bonds is 6. The van der Waals surface area contributed by atoms with Crippen molar-refractivity contribution in [2.45, 2.75) is 45.2 Å². The maximum absolute atomic E-state index is 12.3. The quantitative estimate of drug-likeness (QED) is 0.786. The largest absolute Gasteiger partial charge is 0.355 e. The Morgan fingerprint density at radius 3 is 2.95 bits per heavy atom. The lowest BCUT2D eigenvalue weighted by Crippen LogP contribution is -2.51. The van der Waals surface area contributed by atoms with Gasteiger partial charge >= 0.3 is 0 Å². The van der Waals surface area contributed by atoms with Crippen LogP contribution in [0.1, 0.15) is 43.9 Å². The Morgan fingerprint density at radius 1 is 1.48 bits per heavy atom. The number of hydrogen-bond acceptors (Lipinski definition) is 3. The molecule has 0 aliphatic carbocycles. The molecule has 1 aliphatic rings. The van der Waals surface area contributed by atoms with E-state index in [1.165, 1.54) is 11.1 Å². The van der Waals surface area contributed by atoms with Gasteiger partial charge in [-0.15, -0.1) is 0 Å². The molecule has 0 bridgehead atoms. The summed E-state index contributed by atoms with van der Waals surface area (Å²) in [5.74, 6) is 0.112. The number of fused-ring (bicyclic) bond motifs is 1. The van der Waals surface area contributed by atoms with Gasteiger partial charge in [0.2, 0.25) is 5.91 Å². The highest BCUT2D eigenvalue weighted by atomic mass is 16.2. The summed E-state index contributed by atoms with van der Waals surface area (Å²) in [5, 5.41) is 3.03. The lowest BCUT2D eigenvalue weighted by molar-refractivity contribution is -0.127. The van der Waals surface area contributed by atoms with Crippen molar-refractivity contribution in [1.82, 2.24) is 10.2 Å². The molecule has 116 valence electrons. The first kappa shape index (κ1) is 16.0. The molecule has 3 N–H and O–H groups in total. The number of nitrogens with two attached hydrogens (primary N) is 1. The molecule has 0 aromatic heterocycles. The van der Waals surface area contributed by atoms with Crippen LogP contribution >= 0.6 is 0 Å². The Morgan fingerprint density at radius 2 is 2.24 bits per heavy atom. The third kappa shape index (κ3) is 3.63. The molecule has 0 saturated heterocycles. The Balaban J connectivity index is 2.07. The van der Waals surface area contributed by atoms with E-state index >= 15 is 0 Å². The molecule has 4 heteroatoms. The van der Waals surface area contributed by atoms with Crippen LogP contribution in [0.15, 0.2) is 24.3 Å². The lowest BCUT2D eigenvalue weighted by Gasteiger charge is -2.39. The van der Waals surface area contributed by atoms with Crippen LogP contribution in [-0.2, 0) is 11.2 Å². The molecule has 4 nitrogen and oxygen atoms in total. The molecule has 1 aromatic rings. The van der Waals surface area contributed by atoms with Crippen LogP contribution in [0.4, 0.5) is 0 Å². The summed E-state index contributed by atoms with van der Waals surface area (Å²) in [4.78, 5) is 14.5. The van der Waals surface area contributed by atoms with Crippen molar-refractivity contribution in [2.75, 3.05) is 19.6 Å². The smallest absolute Gasteiger partial charge is 0.237 e. The van der Waals surface area contributed by atoms with Crippen molar-refractivity contribution in [3.8, 4) is 0 Å². The molecule has 21 heavy (non-hydrogen) atoms. The number of nitrogens with one attached hydrogen (secondary N) is 1. The minimum atomic E-state index is -0.135. The monoisotopic (exact) mass is 289 g/mol. The van der Waals surface area contributed by atoms with Crippen LogP contribution in [0.2, 0.25) is 0 Å². The molecule has 1 heterocycles. The van der Waals surface area contributed by atoms with E-state index in [-0.39, 0.29) is 18.0 Å². The fraction of sp³-hybridized carbons (Fsp3) is 0.588. The van der Waals surface area contributed by atoms with E-state index in [9.17, 15) is 4.79 Å². The average Bonchev–Trinajstić information content (AvgIpc) is 2.53. The van der Waals surface area contributed by atoms with Gasteiger partial charge in [0, 0.05) is 25.7 Å². The average molecular weight is 289 g/mol. The van der Waals surface area contributed by atoms with Gasteiger partial charge in [0.15, 0.2) is 0 Å². The van der Waals surface area contributed by atoms with Gasteiger partial charge in [-0.3, -0.25) is 9.69 Å². The van der Waals surface area contributed by atoms with Gasteiger partial charge in [0.1, 0.15) is 0 Å². The van der Waals surface area contributed by atoms with Crippen LogP contribution in [0, 0.1) is 0 Å². The second-order valence-electron chi connectivity index (χ2n) is 5.76. The molecule has 2 rings (SSSR count). The summed E-state index contributed by atoms with van der Waals surface area (Å²) < 4.78 is 0. The van der Waals surface area contributed by atoms with Crippen molar-refractivity contribution >= 4 is 5.91 Å². The third-order valence-electron chi connectivity index (χ3n) is 4.38. The Kier molecular flexibility index (Phi) is 5.76. The topological polar surface area (TPSA) is 58.4 Å². The number of unbranched alkanes of at least 4 members (excludes halogenated alkanes) is 1. The van der Waals surface area contributed by atoms with Gasteiger partial charge in [-0.05, 0) is 30.9 Å². The number of carbonyl (C=O) groups is 1. The highest BCUT2D eigenvalue weighted by molar-refractivity contribution is 5.81. The molecule has 1 aliphatic heterocycles. The minimum absolute atomic E-state index is 0.112. The number of amides is 1. The number of carbonyl (C=O) groups excluding carboxylic acids is 1. The van der Waals surface area contributed by atoms with E-state index < -0.39 is 0 Å². The van der Waals surface area contributed by atoms with Gasteiger partial charge in [-0.25, -0.2) is 0 Å². The van der Waals surface area contributed by atoms with Crippen LogP contribution in [-0.4, -0.2) is 36.5 Å². The molecular formula is C17H27N3O. The standard InChI is InChI=1S/C17H27N3O/c1-3-4-10-19-17(21)13(2)20-11-9-14-7-5-6-8-15(14)16(20)12-18/h5-8,13,16H,3-4,9-12,18H2,1-2H3,(H,19,21). The van der Waals surface area contributed by atoms with Crippen LogP contribution in [0.3, 0.4) is 0 Å². The molecule has 2 atom stereocenters. The van der Waals surface area contributed by atoms with Crippen molar-refractivity contribution in [3.05, 3.63) is 35.4 Å². The molecule has 0 fully saturated rings. The van der Waals surface area contributed by atoms with Crippen molar-refractivity contribution < 1.29 is 4.79 Å². The maximum Gasteiger partial charge on any atom is 0.237 e. The van der Waals surface area contributed by atoms with E-state index in [4.69, 9.17) is 5.73 Å². The molecule has 1 aromatic carbocycles. The highest BCUT2D eigenvalue weighted by Crippen LogP contribution is 2.30. The molecule has 0 saturated carbocycles. The van der Waals surface area contributed by atoms with Crippen LogP contribution < -0.4 is 11.1 Å². The first-order chi connectivity index (χ1) is 10.2. The molecule has 2 unspecified atom stereocenters. The van der Waals surface area contributed by atoms with Crippen molar-refractivity contribution in [3.63, 3.8) is 0 Å². The Bertz CT molecular complexity index is 475. The minimum Gasteiger partial charge on any atom is -0.355 e. The summed E-state index contributed by atoms with van der Waals surface area (Å²) in [6.45, 7) is 6.31. The fourth-order valence-electron chi connectivity index (χ4n) is 3.08. The summed E-state index contributed by atoms with van der Waals surface area (Å²) in [6.07, 6.45) is 3.11. The molecule has 0 radical (unpaired) electrons. The van der Waals surface area contributed by atoms with Crippen molar-refractivity contribution in [1.29, 1.82) is 0 Å². The second kappa shape index (κ2) is 7.57. The third-order valence-corrected chi connectivity index (χ3v) is 4.38. The van der Waals surface area contributed by atoms with E-state index in [1.54, 1.807) is 0 Å². The van der Waals surface area contributed by atoms with Gasteiger partial charge in [-0.2, -0.15) is 0 Å².